The Kier molecular flexibility index (Phi) is 9.57. The van der Waals surface area contributed by atoms with Crippen LogP contribution in [0.1, 0.15) is 33.6 Å². The minimum atomic E-state index is -0.824. The topological polar surface area (TPSA) is 160 Å². The first-order chi connectivity index (χ1) is 15.0. The average molecular weight is 450 g/mol. The lowest BCUT2D eigenvalue weighted by Crippen LogP contribution is -2.55. The summed E-state index contributed by atoms with van der Waals surface area (Å²) in [5.41, 5.74) is -1.25. The molecule has 3 rings (SSSR count). The standard InChI is InChI=1S/C18H26N6O2.2CH2O2/c1-17(2,3)16(26)23-12-7-18(8-13-23,24-10-5-9-19-24)15(25)20-14-6-11-22(4)21-14;2*2-1-3/h5-6,9-11H,7-8,12-13H2,1-4H3,(H,20,21,25);2*1H,(H,2,3). The lowest BCUT2D eigenvalue weighted by atomic mass is 9.84. The number of piperidine rings is 1. The summed E-state index contributed by atoms with van der Waals surface area (Å²) in [5, 5.41) is 25.2. The second-order valence-corrected chi connectivity index (χ2v) is 8.06. The Morgan fingerprint density at radius 3 is 2.09 bits per heavy atom. The molecule has 12 heteroatoms. The summed E-state index contributed by atoms with van der Waals surface area (Å²) in [6.45, 7) is 6.28. The number of likely N-dealkylation sites (tertiary alicyclic amines) is 1. The van der Waals surface area contributed by atoms with Crippen molar-refractivity contribution in [3.63, 3.8) is 0 Å². The zero-order valence-electron chi connectivity index (χ0n) is 18.6. The van der Waals surface area contributed by atoms with E-state index in [1.807, 2.05) is 31.7 Å². The third-order valence-electron chi connectivity index (χ3n) is 4.84. The Bertz CT molecular complexity index is 873. The van der Waals surface area contributed by atoms with E-state index in [0.29, 0.717) is 31.7 Å². The van der Waals surface area contributed by atoms with Gasteiger partial charge in [0.25, 0.3) is 18.9 Å². The number of hydrogen-bond acceptors (Lipinski definition) is 6. The molecule has 2 aromatic rings. The second-order valence-electron chi connectivity index (χ2n) is 8.06. The summed E-state index contributed by atoms with van der Waals surface area (Å²) < 4.78 is 3.35. The molecule has 0 unspecified atom stereocenters. The summed E-state index contributed by atoms with van der Waals surface area (Å²) in [7, 11) is 1.80. The van der Waals surface area contributed by atoms with Crippen molar-refractivity contribution in [1.82, 2.24) is 24.5 Å². The monoisotopic (exact) mass is 450 g/mol. The van der Waals surface area contributed by atoms with Gasteiger partial charge in [0.2, 0.25) is 5.91 Å². The number of aryl methyl sites for hydroxylation is 1. The van der Waals surface area contributed by atoms with E-state index < -0.39 is 11.0 Å². The van der Waals surface area contributed by atoms with Crippen LogP contribution in [0.25, 0.3) is 0 Å². The highest BCUT2D eigenvalue weighted by Gasteiger charge is 2.45. The molecule has 3 heterocycles. The Balaban J connectivity index is 0.000000769. The summed E-state index contributed by atoms with van der Waals surface area (Å²) >= 11 is 0. The molecule has 12 nitrogen and oxygen atoms in total. The molecule has 0 aliphatic carbocycles. The van der Waals surface area contributed by atoms with Gasteiger partial charge in [-0.05, 0) is 18.9 Å². The zero-order valence-corrected chi connectivity index (χ0v) is 18.6. The minimum absolute atomic E-state index is 0.108. The maximum absolute atomic E-state index is 13.1. The maximum Gasteiger partial charge on any atom is 0.290 e. The molecule has 0 atom stereocenters. The van der Waals surface area contributed by atoms with E-state index in [4.69, 9.17) is 19.8 Å². The van der Waals surface area contributed by atoms with Crippen molar-refractivity contribution in [1.29, 1.82) is 0 Å². The van der Waals surface area contributed by atoms with Crippen LogP contribution in [0.5, 0.6) is 0 Å². The first-order valence-electron chi connectivity index (χ1n) is 9.82. The number of rotatable bonds is 3. The summed E-state index contributed by atoms with van der Waals surface area (Å²) in [6.07, 6.45) is 6.27. The van der Waals surface area contributed by atoms with E-state index in [-0.39, 0.29) is 24.8 Å². The molecular formula is C20H30N6O6. The van der Waals surface area contributed by atoms with Crippen LogP contribution in [0, 0.1) is 5.41 Å². The summed E-state index contributed by atoms with van der Waals surface area (Å²) in [5.74, 6) is 0.469. The fraction of sp³-hybridized carbons (Fsp3) is 0.500. The minimum Gasteiger partial charge on any atom is -0.483 e. The van der Waals surface area contributed by atoms with Crippen molar-refractivity contribution < 1.29 is 29.4 Å². The van der Waals surface area contributed by atoms with Crippen LogP contribution in [0.15, 0.2) is 30.7 Å². The largest absolute Gasteiger partial charge is 0.483 e. The second kappa shape index (κ2) is 11.6. The van der Waals surface area contributed by atoms with Crippen molar-refractivity contribution in [2.24, 2.45) is 12.5 Å². The molecule has 2 aromatic heterocycles. The Morgan fingerprint density at radius 1 is 1.12 bits per heavy atom. The normalized spacial score (nSPS) is 14.7. The molecule has 1 aliphatic rings. The van der Waals surface area contributed by atoms with Crippen LogP contribution >= 0.6 is 0 Å². The van der Waals surface area contributed by atoms with Crippen LogP contribution < -0.4 is 5.32 Å². The number of carbonyl (C=O) groups is 4. The number of aromatic nitrogens is 4. The molecule has 176 valence electrons. The Morgan fingerprint density at radius 2 is 1.69 bits per heavy atom. The lowest BCUT2D eigenvalue weighted by Gasteiger charge is -2.42. The van der Waals surface area contributed by atoms with E-state index in [2.05, 4.69) is 15.5 Å². The van der Waals surface area contributed by atoms with E-state index in [9.17, 15) is 9.59 Å². The SMILES string of the molecule is Cn1ccc(NC(=O)C2(n3cccn3)CCN(C(=O)C(C)(C)C)CC2)n1.O=CO.O=CO. The molecule has 3 N–H and O–H groups in total. The van der Waals surface area contributed by atoms with E-state index in [1.54, 1.807) is 41.1 Å². The van der Waals surface area contributed by atoms with Gasteiger partial charge in [-0.1, -0.05) is 20.8 Å². The van der Waals surface area contributed by atoms with Crippen LogP contribution in [0.4, 0.5) is 5.82 Å². The highest BCUT2D eigenvalue weighted by molar-refractivity contribution is 5.96. The van der Waals surface area contributed by atoms with Gasteiger partial charge in [0.15, 0.2) is 5.82 Å². The maximum atomic E-state index is 13.1. The first kappa shape index (κ1) is 26.3. The quantitative estimate of drug-likeness (QED) is 0.584. The summed E-state index contributed by atoms with van der Waals surface area (Å²) in [4.78, 5) is 44.3. The number of nitrogens with one attached hydrogen (secondary N) is 1. The smallest absolute Gasteiger partial charge is 0.290 e. The first-order valence-corrected chi connectivity index (χ1v) is 9.82. The van der Waals surface area contributed by atoms with Crippen LogP contribution in [0.2, 0.25) is 0 Å². The Labute approximate surface area is 185 Å². The van der Waals surface area contributed by atoms with Gasteiger partial charge in [-0.25, -0.2) is 0 Å². The molecule has 2 amide bonds. The molecule has 1 aliphatic heterocycles. The van der Waals surface area contributed by atoms with Gasteiger partial charge in [-0.2, -0.15) is 10.2 Å². The van der Waals surface area contributed by atoms with Crippen molar-refractivity contribution in [2.45, 2.75) is 39.2 Å². The highest BCUT2D eigenvalue weighted by Crippen LogP contribution is 2.33. The number of amides is 2. The van der Waals surface area contributed by atoms with Gasteiger partial charge in [-0.15, -0.1) is 0 Å². The molecule has 1 saturated heterocycles. The van der Waals surface area contributed by atoms with Gasteiger partial charge in [0, 0.05) is 50.2 Å². The van der Waals surface area contributed by atoms with Crippen LogP contribution in [-0.4, -0.2) is 72.5 Å². The zero-order chi connectivity index (χ0) is 24.4. The number of nitrogens with zero attached hydrogens (tertiary/aromatic N) is 5. The van der Waals surface area contributed by atoms with E-state index in [1.165, 1.54) is 0 Å². The van der Waals surface area contributed by atoms with Crippen molar-refractivity contribution in [2.75, 3.05) is 18.4 Å². The molecule has 0 saturated carbocycles. The highest BCUT2D eigenvalue weighted by atomic mass is 16.3. The molecule has 0 bridgehead atoms. The van der Waals surface area contributed by atoms with Gasteiger partial charge in [0.1, 0.15) is 5.54 Å². The van der Waals surface area contributed by atoms with Crippen molar-refractivity contribution in [3.05, 3.63) is 30.7 Å². The molecule has 0 spiro atoms. The van der Waals surface area contributed by atoms with Gasteiger partial charge >= 0.3 is 0 Å². The summed E-state index contributed by atoms with van der Waals surface area (Å²) in [6, 6.07) is 3.56. The molecule has 1 fully saturated rings. The van der Waals surface area contributed by atoms with Gasteiger partial charge in [-0.3, -0.25) is 28.5 Å². The van der Waals surface area contributed by atoms with Crippen LogP contribution in [-0.2, 0) is 31.8 Å². The Hall–Kier alpha value is -3.70. The van der Waals surface area contributed by atoms with E-state index >= 15 is 0 Å². The lowest BCUT2D eigenvalue weighted by molar-refractivity contribution is -0.144. The third-order valence-corrected chi connectivity index (χ3v) is 4.84. The molecular weight excluding hydrogens is 420 g/mol. The number of hydrogen-bond donors (Lipinski definition) is 3. The molecule has 32 heavy (non-hydrogen) atoms. The average Bonchev–Trinajstić information content (AvgIpc) is 3.40. The van der Waals surface area contributed by atoms with E-state index in [0.717, 1.165) is 0 Å². The third kappa shape index (κ3) is 6.65. The van der Waals surface area contributed by atoms with Crippen LogP contribution in [0.3, 0.4) is 0 Å². The van der Waals surface area contributed by atoms with Crippen molar-refractivity contribution in [3.8, 4) is 0 Å². The molecule has 0 aromatic carbocycles. The van der Waals surface area contributed by atoms with Gasteiger partial charge < -0.3 is 20.4 Å². The number of anilines is 1. The number of carboxylic acid groups (broad SMARTS) is 2. The predicted molar refractivity (Wildman–Crippen MR) is 115 cm³/mol. The molecule has 0 radical (unpaired) electrons. The fourth-order valence-corrected chi connectivity index (χ4v) is 3.35. The van der Waals surface area contributed by atoms with Gasteiger partial charge in [0.05, 0.1) is 0 Å². The predicted octanol–water partition coefficient (Wildman–Crippen LogP) is 1.02. The van der Waals surface area contributed by atoms with Crippen molar-refractivity contribution >= 4 is 30.6 Å². The fourth-order valence-electron chi connectivity index (χ4n) is 3.35. The number of carbonyl (C=O) groups excluding carboxylic acids is 2.